The van der Waals surface area contributed by atoms with E-state index in [9.17, 15) is 9.18 Å². The van der Waals surface area contributed by atoms with Crippen molar-refractivity contribution in [1.29, 1.82) is 0 Å². The van der Waals surface area contributed by atoms with Crippen molar-refractivity contribution in [2.24, 2.45) is 0 Å². The topological polar surface area (TPSA) is 38.3 Å². The molecule has 1 unspecified atom stereocenters. The van der Waals surface area contributed by atoms with Crippen molar-refractivity contribution < 1.29 is 13.9 Å². The van der Waals surface area contributed by atoms with E-state index in [0.717, 1.165) is 41.7 Å². The van der Waals surface area contributed by atoms with Crippen molar-refractivity contribution in [3.8, 4) is 5.75 Å². The first kappa shape index (κ1) is 13.4. The van der Waals surface area contributed by atoms with Crippen molar-refractivity contribution in [1.82, 2.24) is 5.32 Å². The van der Waals surface area contributed by atoms with E-state index >= 15 is 0 Å². The van der Waals surface area contributed by atoms with Gasteiger partial charge >= 0.3 is 0 Å². The fourth-order valence-corrected chi connectivity index (χ4v) is 2.93. The molecular formula is C16H20FNO2. The third kappa shape index (κ3) is 2.07. The van der Waals surface area contributed by atoms with Crippen molar-refractivity contribution in [3.05, 3.63) is 28.8 Å². The van der Waals surface area contributed by atoms with Crippen molar-refractivity contribution in [2.75, 3.05) is 13.3 Å². The highest BCUT2D eigenvalue weighted by molar-refractivity contribution is 5.86. The van der Waals surface area contributed by atoms with Crippen molar-refractivity contribution in [2.45, 2.75) is 44.6 Å². The van der Waals surface area contributed by atoms with Gasteiger partial charge in [0.2, 0.25) is 5.91 Å². The molecule has 1 heterocycles. The molecule has 1 fully saturated rings. The van der Waals surface area contributed by atoms with Gasteiger partial charge in [-0.25, -0.2) is 4.39 Å². The SMILES string of the molecule is Cc1cc2c(cc1C)C(C(=O)NC1(CF)CCC1)CO2. The lowest BCUT2D eigenvalue weighted by molar-refractivity contribution is -0.126. The molecule has 0 aromatic heterocycles. The number of fused-ring (bicyclic) bond motifs is 1. The number of halogens is 1. The van der Waals surface area contributed by atoms with Gasteiger partial charge in [-0.2, -0.15) is 0 Å². The van der Waals surface area contributed by atoms with E-state index in [-0.39, 0.29) is 11.8 Å². The summed E-state index contributed by atoms with van der Waals surface area (Å²) in [4.78, 5) is 12.4. The number of amides is 1. The molecule has 1 aliphatic carbocycles. The molecule has 1 aliphatic heterocycles. The summed E-state index contributed by atoms with van der Waals surface area (Å²) in [6, 6.07) is 4.00. The molecule has 20 heavy (non-hydrogen) atoms. The molecule has 1 atom stereocenters. The Labute approximate surface area is 118 Å². The van der Waals surface area contributed by atoms with Gasteiger partial charge in [-0.05, 0) is 50.3 Å². The van der Waals surface area contributed by atoms with Crippen LogP contribution in [0.5, 0.6) is 5.75 Å². The second-order valence-electron chi connectivity index (χ2n) is 6.09. The molecule has 1 aromatic rings. The Bertz CT molecular complexity index is 546. The number of carbonyl (C=O) groups excluding carboxylic acids is 1. The maximum absolute atomic E-state index is 13.1. The van der Waals surface area contributed by atoms with Crippen LogP contribution in [-0.2, 0) is 4.79 Å². The van der Waals surface area contributed by atoms with E-state index in [0.29, 0.717) is 6.61 Å². The lowest BCUT2D eigenvalue weighted by atomic mass is 9.77. The lowest BCUT2D eigenvalue weighted by Gasteiger charge is -2.40. The Hall–Kier alpha value is -1.58. The minimum absolute atomic E-state index is 0.107. The van der Waals surface area contributed by atoms with Crippen LogP contribution in [0.25, 0.3) is 0 Å². The molecule has 2 aliphatic rings. The van der Waals surface area contributed by atoms with E-state index < -0.39 is 12.2 Å². The van der Waals surface area contributed by atoms with Gasteiger partial charge in [0.1, 0.15) is 24.9 Å². The molecule has 3 rings (SSSR count). The standard InChI is InChI=1S/C16H20FNO2/c1-10-6-12-13(8-20-14(12)7-11(10)2)15(19)18-16(9-17)4-3-5-16/h6-7,13H,3-5,8-9H2,1-2H3,(H,18,19). The molecule has 1 aromatic carbocycles. The van der Waals surface area contributed by atoms with Crippen LogP contribution < -0.4 is 10.1 Å². The van der Waals surface area contributed by atoms with Gasteiger partial charge in [0.25, 0.3) is 0 Å². The molecule has 3 nitrogen and oxygen atoms in total. The van der Waals surface area contributed by atoms with Gasteiger partial charge in [-0.15, -0.1) is 0 Å². The molecule has 4 heteroatoms. The monoisotopic (exact) mass is 277 g/mol. The zero-order valence-corrected chi connectivity index (χ0v) is 12.0. The van der Waals surface area contributed by atoms with E-state index in [2.05, 4.69) is 5.32 Å². The van der Waals surface area contributed by atoms with Crippen LogP contribution in [0, 0.1) is 13.8 Å². The number of ether oxygens (including phenoxy) is 1. The molecule has 0 spiro atoms. The average Bonchev–Trinajstić information content (AvgIpc) is 2.77. The number of aryl methyl sites for hydroxylation is 2. The highest BCUT2D eigenvalue weighted by atomic mass is 19.1. The fourth-order valence-electron chi connectivity index (χ4n) is 2.93. The Morgan fingerprint density at radius 1 is 1.40 bits per heavy atom. The second kappa shape index (κ2) is 4.76. The van der Waals surface area contributed by atoms with Crippen LogP contribution in [0.1, 0.15) is 41.9 Å². The van der Waals surface area contributed by atoms with Gasteiger partial charge in [-0.1, -0.05) is 6.07 Å². The molecular weight excluding hydrogens is 257 g/mol. The van der Waals surface area contributed by atoms with Crippen LogP contribution >= 0.6 is 0 Å². The van der Waals surface area contributed by atoms with Crippen LogP contribution in [0.4, 0.5) is 4.39 Å². The first-order valence-electron chi connectivity index (χ1n) is 7.17. The number of alkyl halides is 1. The third-order valence-corrected chi connectivity index (χ3v) is 4.68. The average molecular weight is 277 g/mol. The summed E-state index contributed by atoms with van der Waals surface area (Å²) >= 11 is 0. The number of carbonyl (C=O) groups is 1. The maximum atomic E-state index is 13.1. The highest BCUT2D eigenvalue weighted by Gasteiger charge is 2.41. The maximum Gasteiger partial charge on any atom is 0.231 e. The third-order valence-electron chi connectivity index (χ3n) is 4.68. The summed E-state index contributed by atoms with van der Waals surface area (Å²) in [6.45, 7) is 3.93. The number of hydrogen-bond donors (Lipinski definition) is 1. The fraction of sp³-hybridized carbons (Fsp3) is 0.562. The Morgan fingerprint density at radius 3 is 2.70 bits per heavy atom. The zero-order valence-electron chi connectivity index (χ0n) is 12.0. The first-order valence-corrected chi connectivity index (χ1v) is 7.17. The molecule has 1 amide bonds. The van der Waals surface area contributed by atoms with Crippen LogP contribution in [0.15, 0.2) is 12.1 Å². The van der Waals surface area contributed by atoms with E-state index in [1.807, 2.05) is 26.0 Å². The minimum atomic E-state index is -0.612. The summed E-state index contributed by atoms with van der Waals surface area (Å²) < 4.78 is 18.7. The first-order chi connectivity index (χ1) is 9.54. The summed E-state index contributed by atoms with van der Waals surface area (Å²) in [7, 11) is 0. The van der Waals surface area contributed by atoms with Crippen LogP contribution in [-0.4, -0.2) is 24.7 Å². The van der Waals surface area contributed by atoms with E-state index in [1.165, 1.54) is 0 Å². The molecule has 0 bridgehead atoms. The minimum Gasteiger partial charge on any atom is -0.492 e. The van der Waals surface area contributed by atoms with Gasteiger partial charge in [0.05, 0.1) is 5.54 Å². The normalized spacial score (nSPS) is 22.6. The Kier molecular flexibility index (Phi) is 3.19. The molecule has 0 radical (unpaired) electrons. The summed E-state index contributed by atoms with van der Waals surface area (Å²) in [5.74, 6) is 0.369. The summed E-state index contributed by atoms with van der Waals surface area (Å²) in [6.07, 6.45) is 2.46. The quantitative estimate of drug-likeness (QED) is 0.922. The molecule has 1 N–H and O–H groups in total. The van der Waals surface area contributed by atoms with Gasteiger partial charge in [0.15, 0.2) is 0 Å². The number of rotatable bonds is 3. The second-order valence-corrected chi connectivity index (χ2v) is 6.09. The molecule has 1 saturated carbocycles. The number of nitrogens with one attached hydrogen (secondary N) is 1. The van der Waals surface area contributed by atoms with Crippen LogP contribution in [0.3, 0.4) is 0 Å². The van der Waals surface area contributed by atoms with E-state index in [1.54, 1.807) is 0 Å². The Morgan fingerprint density at radius 2 is 2.10 bits per heavy atom. The number of benzene rings is 1. The predicted molar refractivity (Wildman–Crippen MR) is 74.9 cm³/mol. The van der Waals surface area contributed by atoms with Gasteiger partial charge in [0, 0.05) is 5.56 Å². The lowest BCUT2D eigenvalue weighted by Crippen LogP contribution is -2.56. The summed E-state index contributed by atoms with van der Waals surface area (Å²) in [5, 5.41) is 2.90. The van der Waals surface area contributed by atoms with Crippen molar-refractivity contribution in [3.63, 3.8) is 0 Å². The molecule has 108 valence electrons. The van der Waals surface area contributed by atoms with Crippen LogP contribution in [0.2, 0.25) is 0 Å². The number of hydrogen-bond acceptors (Lipinski definition) is 2. The Balaban J connectivity index is 1.80. The van der Waals surface area contributed by atoms with Crippen molar-refractivity contribution >= 4 is 5.91 Å². The van der Waals surface area contributed by atoms with E-state index in [4.69, 9.17) is 4.74 Å². The predicted octanol–water partition coefficient (Wildman–Crippen LogP) is 2.79. The van der Waals surface area contributed by atoms with Gasteiger partial charge < -0.3 is 10.1 Å². The summed E-state index contributed by atoms with van der Waals surface area (Å²) in [5.41, 5.74) is 2.62. The smallest absolute Gasteiger partial charge is 0.231 e. The zero-order chi connectivity index (χ0) is 14.3. The highest BCUT2D eigenvalue weighted by Crippen LogP contribution is 2.38. The largest absolute Gasteiger partial charge is 0.492 e. The molecule has 0 saturated heterocycles. The van der Waals surface area contributed by atoms with Gasteiger partial charge in [-0.3, -0.25) is 4.79 Å².